The van der Waals surface area contributed by atoms with Gasteiger partial charge in [0.05, 0.1) is 11.4 Å². The van der Waals surface area contributed by atoms with Gasteiger partial charge in [-0.05, 0) is 160 Å². The standard InChI is InChI=1S/C62H47N/c1-61(2)55-18-12-11-17-53(55)54-30-29-52(39-56(54)61)63-59-31-27-50(48-25-23-44-33-42(19-21-46(44)35-48)40-13-7-5-8-14-40)37-57(59)62(3,4)58-38-51(28-32-60(58)63)49-26-24-45-34-43(20-22-47(45)36-49)41-15-9-6-10-16-41/h5-39H,1-4H3. The quantitative estimate of drug-likeness (QED) is 0.167. The van der Waals surface area contributed by atoms with Gasteiger partial charge in [0, 0.05) is 16.5 Å². The molecule has 0 saturated heterocycles. The minimum absolute atomic E-state index is 0.105. The smallest absolute Gasteiger partial charge is 0.0503 e. The lowest BCUT2D eigenvalue weighted by molar-refractivity contribution is 0.632. The van der Waals surface area contributed by atoms with E-state index in [-0.39, 0.29) is 10.8 Å². The zero-order valence-corrected chi connectivity index (χ0v) is 36.2. The number of rotatable bonds is 5. The van der Waals surface area contributed by atoms with E-state index in [1.54, 1.807) is 0 Å². The molecule has 12 rings (SSSR count). The molecule has 10 aromatic carbocycles. The Morgan fingerprint density at radius 3 is 1.14 bits per heavy atom. The van der Waals surface area contributed by atoms with Crippen molar-refractivity contribution in [1.82, 2.24) is 0 Å². The molecule has 0 atom stereocenters. The summed E-state index contributed by atoms with van der Waals surface area (Å²) in [4.78, 5) is 2.53. The van der Waals surface area contributed by atoms with E-state index in [2.05, 4.69) is 245 Å². The number of nitrogens with zero attached hydrogens (tertiary/aromatic N) is 1. The molecular formula is C62H47N. The van der Waals surface area contributed by atoms with Crippen LogP contribution in [0.2, 0.25) is 0 Å². The molecule has 1 aliphatic carbocycles. The highest BCUT2D eigenvalue weighted by Crippen LogP contribution is 2.56. The van der Waals surface area contributed by atoms with E-state index < -0.39 is 0 Å². The minimum atomic E-state index is -0.289. The van der Waals surface area contributed by atoms with Gasteiger partial charge in [-0.1, -0.05) is 179 Å². The van der Waals surface area contributed by atoms with E-state index in [1.165, 1.54) is 116 Å². The van der Waals surface area contributed by atoms with Crippen LogP contribution in [0.3, 0.4) is 0 Å². The zero-order chi connectivity index (χ0) is 42.5. The molecule has 300 valence electrons. The van der Waals surface area contributed by atoms with E-state index in [4.69, 9.17) is 0 Å². The summed E-state index contributed by atoms with van der Waals surface area (Å²) < 4.78 is 0. The van der Waals surface area contributed by atoms with Crippen molar-refractivity contribution in [2.24, 2.45) is 0 Å². The molecule has 10 aromatic rings. The third-order valence-electron chi connectivity index (χ3n) is 14.2. The molecule has 63 heavy (non-hydrogen) atoms. The van der Waals surface area contributed by atoms with Crippen LogP contribution in [0.25, 0.3) is 77.2 Å². The first-order valence-electron chi connectivity index (χ1n) is 22.2. The van der Waals surface area contributed by atoms with Crippen LogP contribution < -0.4 is 4.90 Å². The molecule has 1 aliphatic heterocycles. The van der Waals surface area contributed by atoms with Crippen molar-refractivity contribution in [2.75, 3.05) is 4.90 Å². The van der Waals surface area contributed by atoms with E-state index in [1.807, 2.05) is 0 Å². The third-order valence-corrected chi connectivity index (χ3v) is 14.2. The van der Waals surface area contributed by atoms with Crippen molar-refractivity contribution in [3.63, 3.8) is 0 Å². The number of fused-ring (bicyclic) bond motifs is 7. The van der Waals surface area contributed by atoms with E-state index >= 15 is 0 Å². The number of hydrogen-bond donors (Lipinski definition) is 0. The molecule has 0 unspecified atom stereocenters. The summed E-state index contributed by atoms with van der Waals surface area (Å²) >= 11 is 0. The first kappa shape index (κ1) is 37.3. The van der Waals surface area contributed by atoms with Gasteiger partial charge < -0.3 is 4.90 Å². The lowest BCUT2D eigenvalue weighted by Gasteiger charge is -2.43. The van der Waals surface area contributed by atoms with Gasteiger partial charge in [-0.3, -0.25) is 0 Å². The van der Waals surface area contributed by atoms with E-state index in [0.29, 0.717) is 0 Å². The predicted octanol–water partition coefficient (Wildman–Crippen LogP) is 17.1. The van der Waals surface area contributed by atoms with Crippen molar-refractivity contribution in [1.29, 1.82) is 0 Å². The SMILES string of the molecule is CC1(C)c2ccccc2-c2ccc(N3c4ccc(-c5ccc6cc(-c7ccccc7)ccc6c5)cc4C(C)(C)c4cc(-c5ccc6cc(-c7ccccc7)ccc6c5)ccc43)cc21. The topological polar surface area (TPSA) is 3.24 Å². The third kappa shape index (κ3) is 5.98. The van der Waals surface area contributed by atoms with Gasteiger partial charge >= 0.3 is 0 Å². The average Bonchev–Trinajstić information content (AvgIpc) is 3.56. The molecule has 0 radical (unpaired) electrons. The van der Waals surface area contributed by atoms with Gasteiger partial charge in [0.15, 0.2) is 0 Å². The molecule has 0 spiro atoms. The molecule has 1 heteroatoms. The maximum absolute atomic E-state index is 2.53. The molecule has 1 heterocycles. The summed E-state index contributed by atoms with van der Waals surface area (Å²) in [6.07, 6.45) is 0. The van der Waals surface area contributed by atoms with Gasteiger partial charge in [0.25, 0.3) is 0 Å². The molecule has 0 saturated carbocycles. The molecule has 0 fully saturated rings. The first-order chi connectivity index (χ1) is 30.7. The van der Waals surface area contributed by atoms with Crippen LogP contribution in [0.1, 0.15) is 49.9 Å². The van der Waals surface area contributed by atoms with Gasteiger partial charge in [-0.2, -0.15) is 0 Å². The fraction of sp³-hybridized carbons (Fsp3) is 0.0968. The van der Waals surface area contributed by atoms with Gasteiger partial charge in [0.2, 0.25) is 0 Å². The highest BCUT2D eigenvalue weighted by atomic mass is 15.2. The Morgan fingerprint density at radius 2 is 0.651 bits per heavy atom. The summed E-state index contributed by atoms with van der Waals surface area (Å²) in [5, 5.41) is 4.99. The maximum Gasteiger partial charge on any atom is 0.0503 e. The summed E-state index contributed by atoms with van der Waals surface area (Å²) in [7, 11) is 0. The Kier molecular flexibility index (Phi) is 8.30. The van der Waals surface area contributed by atoms with Crippen LogP contribution in [0.4, 0.5) is 17.1 Å². The van der Waals surface area contributed by atoms with Crippen LogP contribution in [-0.2, 0) is 10.8 Å². The van der Waals surface area contributed by atoms with Crippen LogP contribution >= 0.6 is 0 Å². The summed E-state index contributed by atoms with van der Waals surface area (Å²) in [6, 6.07) is 79.2. The van der Waals surface area contributed by atoms with E-state index in [9.17, 15) is 0 Å². The van der Waals surface area contributed by atoms with Crippen molar-refractivity contribution < 1.29 is 0 Å². The lowest BCUT2D eigenvalue weighted by atomic mass is 9.72. The Morgan fingerprint density at radius 1 is 0.270 bits per heavy atom. The summed E-state index contributed by atoms with van der Waals surface area (Å²) in [5.74, 6) is 0. The van der Waals surface area contributed by atoms with Crippen LogP contribution in [0.15, 0.2) is 212 Å². The van der Waals surface area contributed by atoms with Crippen LogP contribution in [0, 0.1) is 0 Å². The van der Waals surface area contributed by atoms with Crippen molar-refractivity contribution >= 4 is 38.6 Å². The largest absolute Gasteiger partial charge is 0.310 e. The highest BCUT2D eigenvalue weighted by Gasteiger charge is 2.40. The summed E-state index contributed by atoms with van der Waals surface area (Å²) in [5.41, 5.74) is 21.2. The van der Waals surface area contributed by atoms with Gasteiger partial charge in [0.1, 0.15) is 0 Å². The molecule has 0 amide bonds. The Labute approximate surface area is 370 Å². The number of benzene rings is 10. The van der Waals surface area contributed by atoms with E-state index in [0.717, 1.165) is 0 Å². The van der Waals surface area contributed by atoms with Crippen LogP contribution in [0.5, 0.6) is 0 Å². The monoisotopic (exact) mass is 805 g/mol. The molecular weight excluding hydrogens is 759 g/mol. The minimum Gasteiger partial charge on any atom is -0.310 e. The zero-order valence-electron chi connectivity index (χ0n) is 36.2. The van der Waals surface area contributed by atoms with Crippen LogP contribution in [-0.4, -0.2) is 0 Å². The normalized spacial score (nSPS) is 14.3. The second kappa shape index (κ2) is 14.0. The molecule has 0 aromatic heterocycles. The first-order valence-corrected chi connectivity index (χ1v) is 22.2. The van der Waals surface area contributed by atoms with Gasteiger partial charge in [-0.25, -0.2) is 0 Å². The number of anilines is 3. The molecule has 1 nitrogen and oxygen atoms in total. The average molecular weight is 806 g/mol. The van der Waals surface area contributed by atoms with Crippen molar-refractivity contribution in [3.05, 3.63) is 235 Å². The van der Waals surface area contributed by atoms with Crippen molar-refractivity contribution in [2.45, 2.75) is 38.5 Å². The molecule has 0 bridgehead atoms. The Hall–Kier alpha value is -7.48. The molecule has 2 aliphatic rings. The predicted molar refractivity (Wildman–Crippen MR) is 268 cm³/mol. The second-order valence-corrected chi connectivity index (χ2v) is 18.6. The second-order valence-electron chi connectivity index (χ2n) is 18.6. The Balaban J connectivity index is 0.989. The highest BCUT2D eigenvalue weighted by molar-refractivity contribution is 5.95. The Bertz CT molecular complexity index is 3270. The fourth-order valence-corrected chi connectivity index (χ4v) is 10.7. The number of hydrogen-bond acceptors (Lipinski definition) is 1. The molecule has 0 N–H and O–H groups in total. The van der Waals surface area contributed by atoms with Gasteiger partial charge in [-0.15, -0.1) is 0 Å². The van der Waals surface area contributed by atoms with Crippen molar-refractivity contribution in [3.8, 4) is 55.6 Å². The maximum atomic E-state index is 2.53. The fourth-order valence-electron chi connectivity index (χ4n) is 10.7. The summed E-state index contributed by atoms with van der Waals surface area (Å²) in [6.45, 7) is 9.57. The lowest BCUT2D eigenvalue weighted by Crippen LogP contribution is -2.31.